The third kappa shape index (κ3) is 3.36. The average Bonchev–Trinajstić information content (AvgIpc) is 2.40. The average molecular weight is 236 g/mol. The van der Waals surface area contributed by atoms with Crippen LogP contribution in [-0.2, 0) is 6.42 Å². The van der Waals surface area contributed by atoms with E-state index in [-0.39, 0.29) is 0 Å². The first kappa shape index (κ1) is 12.2. The van der Waals surface area contributed by atoms with Crippen LogP contribution in [0, 0.1) is 11.3 Å². The Balaban J connectivity index is 1.99. The van der Waals surface area contributed by atoms with E-state index in [4.69, 9.17) is 5.26 Å². The summed E-state index contributed by atoms with van der Waals surface area (Å²) in [4.78, 5) is 0. The van der Waals surface area contributed by atoms with Crippen LogP contribution in [0.3, 0.4) is 0 Å². The fourth-order valence-corrected chi connectivity index (χ4v) is 1.98. The van der Waals surface area contributed by atoms with Gasteiger partial charge in [-0.3, -0.25) is 0 Å². The highest BCUT2D eigenvalue weighted by Gasteiger charge is 2.03. The van der Waals surface area contributed by atoms with Gasteiger partial charge in [0.25, 0.3) is 0 Å². The molecule has 0 saturated carbocycles. The smallest absolute Gasteiger partial charge is 0.0992 e. The zero-order chi connectivity index (χ0) is 12.8. The summed E-state index contributed by atoms with van der Waals surface area (Å²) >= 11 is 0. The molecule has 1 atom stereocenters. The van der Waals surface area contributed by atoms with Gasteiger partial charge in [0.1, 0.15) is 0 Å². The SMILES string of the molecule is CC(Cc1ccccc1)Nc1cccc(C#N)c1. The van der Waals surface area contributed by atoms with Gasteiger partial charge in [-0.1, -0.05) is 36.4 Å². The highest BCUT2D eigenvalue weighted by atomic mass is 14.9. The molecular weight excluding hydrogens is 220 g/mol. The molecule has 0 spiro atoms. The van der Waals surface area contributed by atoms with Crippen molar-refractivity contribution >= 4 is 5.69 Å². The Labute approximate surface area is 108 Å². The van der Waals surface area contributed by atoms with Gasteiger partial charge in [-0.2, -0.15) is 5.26 Å². The molecule has 2 aromatic rings. The van der Waals surface area contributed by atoms with E-state index < -0.39 is 0 Å². The van der Waals surface area contributed by atoms with E-state index >= 15 is 0 Å². The quantitative estimate of drug-likeness (QED) is 0.880. The van der Waals surface area contributed by atoms with E-state index in [1.807, 2.05) is 30.3 Å². The van der Waals surface area contributed by atoms with Crippen LogP contribution in [0.4, 0.5) is 5.69 Å². The molecule has 0 aliphatic rings. The second kappa shape index (κ2) is 5.88. The van der Waals surface area contributed by atoms with Gasteiger partial charge in [0.2, 0.25) is 0 Å². The molecule has 0 radical (unpaired) electrons. The van der Waals surface area contributed by atoms with Crippen molar-refractivity contribution in [3.8, 4) is 6.07 Å². The Morgan fingerprint density at radius 2 is 1.89 bits per heavy atom. The number of hydrogen-bond acceptors (Lipinski definition) is 2. The molecule has 0 aliphatic heterocycles. The van der Waals surface area contributed by atoms with Crippen molar-refractivity contribution in [3.05, 3.63) is 65.7 Å². The third-order valence-electron chi connectivity index (χ3n) is 2.79. The van der Waals surface area contributed by atoms with Crippen molar-refractivity contribution in [1.82, 2.24) is 0 Å². The van der Waals surface area contributed by atoms with E-state index in [0.29, 0.717) is 11.6 Å². The lowest BCUT2D eigenvalue weighted by Crippen LogP contribution is -2.17. The Morgan fingerprint density at radius 1 is 1.11 bits per heavy atom. The summed E-state index contributed by atoms with van der Waals surface area (Å²) in [6.07, 6.45) is 0.970. The Hall–Kier alpha value is -2.27. The topological polar surface area (TPSA) is 35.8 Å². The van der Waals surface area contributed by atoms with E-state index in [1.165, 1.54) is 5.56 Å². The Kier molecular flexibility index (Phi) is 3.98. The van der Waals surface area contributed by atoms with Crippen LogP contribution < -0.4 is 5.32 Å². The summed E-state index contributed by atoms with van der Waals surface area (Å²) in [5.41, 5.74) is 3.00. The number of anilines is 1. The van der Waals surface area contributed by atoms with Crippen LogP contribution >= 0.6 is 0 Å². The van der Waals surface area contributed by atoms with Crippen LogP contribution in [0.2, 0.25) is 0 Å². The lowest BCUT2D eigenvalue weighted by atomic mass is 10.1. The van der Waals surface area contributed by atoms with Crippen molar-refractivity contribution in [3.63, 3.8) is 0 Å². The highest BCUT2D eigenvalue weighted by molar-refractivity contribution is 5.49. The standard InChI is InChI=1S/C16H16N2/c1-13(10-14-6-3-2-4-7-14)18-16-9-5-8-15(11-16)12-17/h2-9,11,13,18H,10H2,1H3. The normalized spacial score (nSPS) is 11.6. The molecule has 2 aromatic carbocycles. The Bertz CT molecular complexity index is 541. The molecule has 0 heterocycles. The predicted molar refractivity (Wildman–Crippen MR) is 74.4 cm³/mol. The molecule has 2 rings (SSSR count). The minimum absolute atomic E-state index is 0.335. The second-order valence-corrected chi connectivity index (χ2v) is 4.43. The lowest BCUT2D eigenvalue weighted by molar-refractivity contribution is 0.790. The number of rotatable bonds is 4. The van der Waals surface area contributed by atoms with Crippen LogP contribution in [0.15, 0.2) is 54.6 Å². The summed E-state index contributed by atoms with van der Waals surface area (Å²) in [5.74, 6) is 0. The zero-order valence-electron chi connectivity index (χ0n) is 10.4. The van der Waals surface area contributed by atoms with Gasteiger partial charge in [-0.25, -0.2) is 0 Å². The maximum absolute atomic E-state index is 8.85. The van der Waals surface area contributed by atoms with Gasteiger partial charge in [0.15, 0.2) is 0 Å². The molecule has 2 heteroatoms. The highest BCUT2D eigenvalue weighted by Crippen LogP contribution is 2.13. The van der Waals surface area contributed by atoms with Crippen molar-refractivity contribution in [2.75, 3.05) is 5.32 Å². The maximum Gasteiger partial charge on any atom is 0.0992 e. The predicted octanol–water partition coefficient (Wildman–Crippen LogP) is 3.60. The largest absolute Gasteiger partial charge is 0.382 e. The molecule has 1 unspecified atom stereocenters. The molecule has 0 aliphatic carbocycles. The fourth-order valence-electron chi connectivity index (χ4n) is 1.98. The number of hydrogen-bond donors (Lipinski definition) is 1. The molecule has 18 heavy (non-hydrogen) atoms. The molecule has 1 N–H and O–H groups in total. The van der Waals surface area contributed by atoms with Crippen LogP contribution in [0.25, 0.3) is 0 Å². The summed E-state index contributed by atoms with van der Waals surface area (Å²) in [7, 11) is 0. The first-order valence-electron chi connectivity index (χ1n) is 6.08. The van der Waals surface area contributed by atoms with Gasteiger partial charge in [-0.15, -0.1) is 0 Å². The van der Waals surface area contributed by atoms with E-state index in [0.717, 1.165) is 12.1 Å². The maximum atomic E-state index is 8.85. The molecule has 90 valence electrons. The zero-order valence-corrected chi connectivity index (χ0v) is 10.4. The van der Waals surface area contributed by atoms with E-state index in [9.17, 15) is 0 Å². The summed E-state index contributed by atoms with van der Waals surface area (Å²) in [6, 6.07) is 20.5. The first-order chi connectivity index (χ1) is 8.78. The molecule has 0 saturated heterocycles. The monoisotopic (exact) mass is 236 g/mol. The van der Waals surface area contributed by atoms with E-state index in [2.05, 4.69) is 42.6 Å². The summed E-state index contributed by atoms with van der Waals surface area (Å²) in [6.45, 7) is 2.14. The minimum atomic E-state index is 0.335. The third-order valence-corrected chi connectivity index (χ3v) is 2.79. The molecule has 0 aromatic heterocycles. The van der Waals surface area contributed by atoms with Crippen molar-refractivity contribution < 1.29 is 0 Å². The van der Waals surface area contributed by atoms with Crippen LogP contribution in [-0.4, -0.2) is 6.04 Å². The van der Waals surface area contributed by atoms with Gasteiger partial charge < -0.3 is 5.32 Å². The molecule has 0 bridgehead atoms. The molecule has 2 nitrogen and oxygen atoms in total. The fraction of sp³-hybridized carbons (Fsp3) is 0.188. The number of nitrogens with one attached hydrogen (secondary N) is 1. The summed E-state index contributed by atoms with van der Waals surface area (Å²) in [5, 5.41) is 12.3. The van der Waals surface area contributed by atoms with Crippen molar-refractivity contribution in [2.45, 2.75) is 19.4 Å². The molecule has 0 amide bonds. The van der Waals surface area contributed by atoms with Crippen LogP contribution in [0.5, 0.6) is 0 Å². The Morgan fingerprint density at radius 3 is 2.61 bits per heavy atom. The van der Waals surface area contributed by atoms with Gasteiger partial charge >= 0.3 is 0 Å². The van der Waals surface area contributed by atoms with Gasteiger partial charge in [0.05, 0.1) is 11.6 Å². The van der Waals surface area contributed by atoms with Gasteiger partial charge in [0, 0.05) is 11.7 Å². The lowest BCUT2D eigenvalue weighted by Gasteiger charge is -2.15. The van der Waals surface area contributed by atoms with Crippen LogP contribution in [0.1, 0.15) is 18.1 Å². The molecule has 0 fully saturated rings. The minimum Gasteiger partial charge on any atom is -0.382 e. The second-order valence-electron chi connectivity index (χ2n) is 4.43. The molecular formula is C16H16N2. The number of nitrogens with zero attached hydrogens (tertiary/aromatic N) is 1. The van der Waals surface area contributed by atoms with E-state index in [1.54, 1.807) is 0 Å². The van der Waals surface area contributed by atoms with Crippen molar-refractivity contribution in [1.29, 1.82) is 5.26 Å². The first-order valence-corrected chi connectivity index (χ1v) is 6.08. The van der Waals surface area contributed by atoms with Gasteiger partial charge in [-0.05, 0) is 37.1 Å². The summed E-state index contributed by atoms with van der Waals surface area (Å²) < 4.78 is 0. The van der Waals surface area contributed by atoms with Crippen molar-refractivity contribution in [2.24, 2.45) is 0 Å². The number of benzene rings is 2. The number of nitriles is 1.